The number of halogens is 2. The van der Waals surface area contributed by atoms with Crippen LogP contribution in [0.5, 0.6) is 0 Å². The number of hydrogen-bond acceptors (Lipinski definition) is 6. The van der Waals surface area contributed by atoms with Gasteiger partial charge in [0.05, 0.1) is 12.6 Å². The van der Waals surface area contributed by atoms with Crippen molar-refractivity contribution in [3.05, 3.63) is 47.5 Å². The third-order valence-electron chi connectivity index (χ3n) is 2.97. The summed E-state index contributed by atoms with van der Waals surface area (Å²) in [6.45, 7) is 2.35. The van der Waals surface area contributed by atoms with E-state index in [1.807, 2.05) is 0 Å². The van der Waals surface area contributed by atoms with Crippen molar-refractivity contribution in [3.8, 4) is 0 Å². The van der Waals surface area contributed by atoms with Crippen LogP contribution in [0.4, 0.5) is 4.39 Å². The molecule has 1 amide bonds. The zero-order chi connectivity index (χ0) is 18.6. The first-order valence-electron chi connectivity index (χ1n) is 7.17. The monoisotopic (exact) mass is 371 g/mol. The predicted octanol–water partition coefficient (Wildman–Crippen LogP) is 2.04. The molecule has 0 N–H and O–H groups in total. The highest BCUT2D eigenvalue weighted by atomic mass is 35.5. The van der Waals surface area contributed by atoms with E-state index in [0.717, 1.165) is 11.1 Å². The summed E-state index contributed by atoms with van der Waals surface area (Å²) in [6, 6.07) is 5.31. The van der Waals surface area contributed by atoms with E-state index in [0.29, 0.717) is 5.56 Å². The maximum absolute atomic E-state index is 13.0. The molecular weight excluding hydrogens is 357 g/mol. The van der Waals surface area contributed by atoms with Gasteiger partial charge in [-0.25, -0.2) is 14.2 Å². The van der Waals surface area contributed by atoms with Gasteiger partial charge in [-0.3, -0.25) is 14.4 Å². The van der Waals surface area contributed by atoms with Gasteiger partial charge in [-0.1, -0.05) is 12.1 Å². The standard InChI is InChI=1S/C16H15ClFNO6/c1-16(2)24-12(15(22)25-16)7-14(21)19(23-9-13(17)20)8-10-3-5-11(18)6-4-10/h3-7H,8-9H2,1-2H3/b12-7-. The molecule has 0 radical (unpaired) electrons. The number of benzene rings is 1. The smallest absolute Gasteiger partial charge is 0.377 e. The molecule has 1 heterocycles. The Morgan fingerprint density at radius 2 is 1.92 bits per heavy atom. The molecule has 1 fully saturated rings. The summed E-state index contributed by atoms with van der Waals surface area (Å²) in [5.41, 5.74) is 0.533. The Morgan fingerprint density at radius 3 is 2.44 bits per heavy atom. The Labute approximate surface area is 147 Å². The van der Waals surface area contributed by atoms with Crippen LogP contribution in [0.2, 0.25) is 0 Å². The molecule has 0 aromatic heterocycles. The molecule has 1 aliphatic heterocycles. The number of carbonyl (C=O) groups is 3. The molecule has 9 heteroatoms. The molecule has 0 saturated carbocycles. The molecule has 134 valence electrons. The summed E-state index contributed by atoms with van der Waals surface area (Å²) < 4.78 is 23.1. The molecule has 2 rings (SSSR count). The van der Waals surface area contributed by atoms with E-state index in [9.17, 15) is 18.8 Å². The summed E-state index contributed by atoms with van der Waals surface area (Å²) in [6.07, 6.45) is 0.888. The van der Waals surface area contributed by atoms with Crippen LogP contribution in [-0.4, -0.2) is 34.6 Å². The van der Waals surface area contributed by atoms with Crippen molar-refractivity contribution in [3.63, 3.8) is 0 Å². The summed E-state index contributed by atoms with van der Waals surface area (Å²) in [7, 11) is 0. The number of hydroxylamine groups is 2. The van der Waals surface area contributed by atoms with Crippen molar-refractivity contribution in [2.75, 3.05) is 6.61 Å². The van der Waals surface area contributed by atoms with Gasteiger partial charge in [-0.05, 0) is 29.3 Å². The van der Waals surface area contributed by atoms with Crippen LogP contribution in [0, 0.1) is 5.82 Å². The van der Waals surface area contributed by atoms with Gasteiger partial charge >= 0.3 is 5.97 Å². The van der Waals surface area contributed by atoms with Crippen molar-refractivity contribution >= 4 is 28.7 Å². The number of rotatable bonds is 6. The average Bonchev–Trinajstić information content (AvgIpc) is 2.77. The maximum Gasteiger partial charge on any atom is 0.377 e. The quantitative estimate of drug-likeness (QED) is 0.329. The zero-order valence-corrected chi connectivity index (χ0v) is 14.2. The molecule has 1 aromatic rings. The number of hydrogen-bond donors (Lipinski definition) is 0. The van der Waals surface area contributed by atoms with E-state index in [2.05, 4.69) is 0 Å². The second kappa shape index (κ2) is 7.62. The van der Waals surface area contributed by atoms with Crippen LogP contribution in [0.15, 0.2) is 36.1 Å². The normalized spacial score (nSPS) is 17.1. The highest BCUT2D eigenvalue weighted by Gasteiger charge is 2.38. The number of carbonyl (C=O) groups excluding carboxylic acids is 3. The van der Waals surface area contributed by atoms with Gasteiger partial charge < -0.3 is 9.47 Å². The molecule has 25 heavy (non-hydrogen) atoms. The SMILES string of the molecule is CC1(C)OC(=O)/C(=C/C(=O)N(Cc2ccc(F)cc2)OCC(=O)Cl)O1. The Kier molecular flexibility index (Phi) is 5.76. The van der Waals surface area contributed by atoms with Crippen molar-refractivity contribution in [2.45, 2.75) is 26.2 Å². The number of nitrogens with zero attached hydrogens (tertiary/aromatic N) is 1. The van der Waals surface area contributed by atoms with Gasteiger partial charge in [0, 0.05) is 13.8 Å². The maximum atomic E-state index is 13.0. The molecule has 1 aromatic carbocycles. The second-order valence-electron chi connectivity index (χ2n) is 5.53. The fourth-order valence-corrected chi connectivity index (χ4v) is 1.99. The third-order valence-corrected chi connectivity index (χ3v) is 3.08. The van der Waals surface area contributed by atoms with E-state index in [-0.39, 0.29) is 12.3 Å². The average molecular weight is 372 g/mol. The van der Waals surface area contributed by atoms with Crippen LogP contribution in [0.25, 0.3) is 0 Å². The van der Waals surface area contributed by atoms with Gasteiger partial charge in [0.25, 0.3) is 5.91 Å². The number of cyclic esters (lactones) is 1. The first-order valence-corrected chi connectivity index (χ1v) is 7.55. The van der Waals surface area contributed by atoms with Gasteiger partial charge in [-0.2, -0.15) is 0 Å². The summed E-state index contributed by atoms with van der Waals surface area (Å²) in [4.78, 5) is 40.0. The molecule has 0 aliphatic carbocycles. The molecule has 0 atom stereocenters. The van der Waals surface area contributed by atoms with Gasteiger partial charge in [0.15, 0.2) is 0 Å². The second-order valence-corrected chi connectivity index (χ2v) is 5.95. The summed E-state index contributed by atoms with van der Waals surface area (Å²) in [5, 5.41) is -0.00938. The molecule has 0 spiro atoms. The van der Waals surface area contributed by atoms with E-state index in [4.69, 9.17) is 25.9 Å². The van der Waals surface area contributed by atoms with Crippen LogP contribution >= 0.6 is 11.6 Å². The van der Waals surface area contributed by atoms with Gasteiger partial charge in [0.2, 0.25) is 16.8 Å². The fraction of sp³-hybridized carbons (Fsp3) is 0.312. The van der Waals surface area contributed by atoms with E-state index in [1.165, 1.54) is 38.1 Å². The van der Waals surface area contributed by atoms with E-state index < -0.39 is 35.3 Å². The molecular formula is C16H15ClFNO6. The van der Waals surface area contributed by atoms with E-state index in [1.54, 1.807) is 0 Å². The van der Waals surface area contributed by atoms with Crippen molar-refractivity contribution in [2.24, 2.45) is 0 Å². The first-order chi connectivity index (χ1) is 11.7. The number of amides is 1. The Hall–Kier alpha value is -2.45. The van der Waals surface area contributed by atoms with Crippen LogP contribution in [0.3, 0.4) is 0 Å². The lowest BCUT2D eigenvalue weighted by Crippen LogP contribution is -2.31. The molecule has 0 unspecified atom stereocenters. The van der Waals surface area contributed by atoms with Crippen LogP contribution in [-0.2, 0) is 35.2 Å². The molecule has 1 saturated heterocycles. The Balaban J connectivity index is 2.16. The molecule has 0 bridgehead atoms. The summed E-state index contributed by atoms with van der Waals surface area (Å²) >= 11 is 5.22. The molecule has 7 nitrogen and oxygen atoms in total. The summed E-state index contributed by atoms with van der Waals surface area (Å²) in [5.74, 6) is -3.48. The highest BCUT2D eigenvalue weighted by Crippen LogP contribution is 2.26. The minimum Gasteiger partial charge on any atom is -0.445 e. The molecule has 1 aliphatic rings. The highest BCUT2D eigenvalue weighted by molar-refractivity contribution is 6.63. The minimum atomic E-state index is -1.18. The van der Waals surface area contributed by atoms with Crippen molar-refractivity contribution in [1.29, 1.82) is 0 Å². The largest absolute Gasteiger partial charge is 0.445 e. The number of esters is 1. The van der Waals surface area contributed by atoms with Gasteiger partial charge in [0.1, 0.15) is 12.4 Å². The third kappa shape index (κ3) is 5.54. The Bertz CT molecular complexity index is 716. The lowest BCUT2D eigenvalue weighted by atomic mass is 10.2. The lowest BCUT2D eigenvalue weighted by molar-refractivity contribution is -0.184. The van der Waals surface area contributed by atoms with Crippen molar-refractivity contribution in [1.82, 2.24) is 5.06 Å². The van der Waals surface area contributed by atoms with Gasteiger partial charge in [-0.15, -0.1) is 0 Å². The van der Waals surface area contributed by atoms with Crippen molar-refractivity contribution < 1.29 is 33.1 Å². The van der Waals surface area contributed by atoms with Crippen LogP contribution in [0.1, 0.15) is 19.4 Å². The minimum absolute atomic E-state index is 0.106. The lowest BCUT2D eigenvalue weighted by Gasteiger charge is -2.20. The number of ether oxygens (including phenoxy) is 2. The first kappa shape index (κ1) is 18.9. The zero-order valence-electron chi connectivity index (χ0n) is 13.5. The predicted molar refractivity (Wildman–Crippen MR) is 83.1 cm³/mol. The van der Waals surface area contributed by atoms with Crippen LogP contribution < -0.4 is 0 Å². The topological polar surface area (TPSA) is 82.1 Å². The fourth-order valence-electron chi connectivity index (χ4n) is 1.94. The van der Waals surface area contributed by atoms with E-state index >= 15 is 0 Å². The Morgan fingerprint density at radius 1 is 1.28 bits per heavy atom.